The molecule has 3 aliphatic rings. The minimum absolute atomic E-state index is 0.00554. The van der Waals surface area contributed by atoms with Crippen molar-refractivity contribution in [3.63, 3.8) is 0 Å². The second kappa shape index (κ2) is 8.44. The predicted molar refractivity (Wildman–Crippen MR) is 106 cm³/mol. The number of para-hydroxylation sites is 1. The number of carbonyl (C=O) groups is 1. The molecule has 27 heavy (non-hydrogen) atoms. The van der Waals surface area contributed by atoms with Crippen LogP contribution >= 0.6 is 0 Å². The Labute approximate surface area is 161 Å². The highest BCUT2D eigenvalue weighted by Gasteiger charge is 2.35. The third-order valence-electron chi connectivity index (χ3n) is 6.11. The van der Waals surface area contributed by atoms with Crippen LogP contribution in [0.3, 0.4) is 0 Å². The second-order valence-electron chi connectivity index (χ2n) is 8.13. The first-order chi connectivity index (χ1) is 13.2. The van der Waals surface area contributed by atoms with Crippen molar-refractivity contribution in [2.24, 2.45) is 5.41 Å². The number of ether oxygens (including phenoxy) is 2. The van der Waals surface area contributed by atoms with Crippen molar-refractivity contribution in [1.29, 1.82) is 0 Å². The van der Waals surface area contributed by atoms with Crippen LogP contribution in [0.1, 0.15) is 37.7 Å². The Morgan fingerprint density at radius 2 is 1.89 bits per heavy atom. The standard InChI is InChI=1S/C22H30N2O3/c25-21(19-14-18-6-2-3-7-20(18)27-15-19)23-16-22(8-12-26-13-9-22)17-24-10-4-1-5-11-24/h2-3,6-7,14H,1,4-5,8-13,15-17H2,(H,23,25). The van der Waals surface area contributed by atoms with Crippen LogP contribution in [0.2, 0.25) is 0 Å². The Bertz CT molecular complexity index is 689. The number of rotatable bonds is 5. The van der Waals surface area contributed by atoms with Gasteiger partial charge in [-0.05, 0) is 50.9 Å². The van der Waals surface area contributed by atoms with Gasteiger partial charge in [0.1, 0.15) is 12.4 Å². The van der Waals surface area contributed by atoms with E-state index in [4.69, 9.17) is 9.47 Å². The summed E-state index contributed by atoms with van der Waals surface area (Å²) in [6.07, 6.45) is 7.92. The third kappa shape index (κ3) is 4.53. The molecular weight excluding hydrogens is 340 g/mol. The van der Waals surface area contributed by atoms with Crippen LogP contribution in [0.15, 0.2) is 29.8 Å². The van der Waals surface area contributed by atoms with Crippen molar-refractivity contribution >= 4 is 12.0 Å². The molecule has 1 amide bonds. The highest BCUT2D eigenvalue weighted by Crippen LogP contribution is 2.32. The fourth-order valence-corrected chi connectivity index (χ4v) is 4.42. The molecule has 1 aromatic carbocycles. The topological polar surface area (TPSA) is 50.8 Å². The molecule has 5 heteroatoms. The van der Waals surface area contributed by atoms with Gasteiger partial charge in [-0.25, -0.2) is 0 Å². The van der Waals surface area contributed by atoms with Crippen molar-refractivity contribution in [3.8, 4) is 5.75 Å². The van der Waals surface area contributed by atoms with Crippen LogP contribution in [0.4, 0.5) is 0 Å². The number of likely N-dealkylation sites (tertiary alicyclic amines) is 1. The van der Waals surface area contributed by atoms with Gasteiger partial charge in [0.05, 0.1) is 5.57 Å². The minimum atomic E-state index is -0.00554. The summed E-state index contributed by atoms with van der Waals surface area (Å²) in [6.45, 7) is 6.08. The first kappa shape index (κ1) is 18.5. The third-order valence-corrected chi connectivity index (χ3v) is 6.11. The lowest BCUT2D eigenvalue weighted by atomic mass is 9.79. The Kier molecular flexibility index (Phi) is 5.79. The summed E-state index contributed by atoms with van der Waals surface area (Å²) in [6, 6.07) is 7.84. The molecule has 0 aromatic heterocycles. The van der Waals surface area contributed by atoms with Gasteiger partial charge in [0.2, 0.25) is 0 Å². The second-order valence-corrected chi connectivity index (χ2v) is 8.13. The molecule has 1 aromatic rings. The van der Waals surface area contributed by atoms with Crippen molar-refractivity contribution < 1.29 is 14.3 Å². The monoisotopic (exact) mass is 370 g/mol. The van der Waals surface area contributed by atoms with E-state index in [1.165, 1.54) is 32.4 Å². The van der Waals surface area contributed by atoms with Crippen LogP contribution in [-0.2, 0) is 9.53 Å². The molecule has 1 N–H and O–H groups in total. The minimum Gasteiger partial charge on any atom is -0.488 e. The lowest BCUT2D eigenvalue weighted by Crippen LogP contribution is -2.49. The molecule has 0 saturated carbocycles. The summed E-state index contributed by atoms with van der Waals surface area (Å²) in [5.74, 6) is 0.842. The molecule has 0 bridgehead atoms. The van der Waals surface area contributed by atoms with Crippen molar-refractivity contribution in [1.82, 2.24) is 10.2 Å². The summed E-state index contributed by atoms with van der Waals surface area (Å²) in [7, 11) is 0. The summed E-state index contributed by atoms with van der Waals surface area (Å²) in [5, 5.41) is 3.21. The normalized spacial score (nSPS) is 22.3. The Morgan fingerprint density at radius 3 is 2.70 bits per heavy atom. The number of benzene rings is 1. The Morgan fingerprint density at radius 1 is 1.11 bits per heavy atom. The van der Waals surface area contributed by atoms with E-state index in [-0.39, 0.29) is 11.3 Å². The molecule has 2 saturated heterocycles. The van der Waals surface area contributed by atoms with Gasteiger partial charge < -0.3 is 19.7 Å². The molecular formula is C22H30N2O3. The van der Waals surface area contributed by atoms with Gasteiger partial charge in [0, 0.05) is 37.3 Å². The first-order valence-corrected chi connectivity index (χ1v) is 10.2. The fraction of sp³-hybridized carbons (Fsp3) is 0.591. The largest absolute Gasteiger partial charge is 0.488 e. The quantitative estimate of drug-likeness (QED) is 0.866. The number of carbonyl (C=O) groups excluding carboxylic acids is 1. The van der Waals surface area contributed by atoms with E-state index in [1.807, 2.05) is 30.3 Å². The van der Waals surface area contributed by atoms with Gasteiger partial charge in [0.15, 0.2) is 0 Å². The molecule has 4 rings (SSSR count). The SMILES string of the molecule is O=C(NCC1(CN2CCCCC2)CCOCC1)C1=Cc2ccccc2OC1. The molecule has 3 heterocycles. The lowest BCUT2D eigenvalue weighted by Gasteiger charge is -2.42. The van der Waals surface area contributed by atoms with Gasteiger partial charge in [-0.2, -0.15) is 0 Å². The fourth-order valence-electron chi connectivity index (χ4n) is 4.42. The smallest absolute Gasteiger partial charge is 0.250 e. The predicted octanol–water partition coefficient (Wildman–Crippen LogP) is 2.86. The molecule has 5 nitrogen and oxygen atoms in total. The van der Waals surface area contributed by atoms with Gasteiger partial charge in [0.25, 0.3) is 5.91 Å². The molecule has 0 spiro atoms. The molecule has 146 valence electrons. The maximum Gasteiger partial charge on any atom is 0.250 e. The number of hydrogen-bond donors (Lipinski definition) is 1. The van der Waals surface area contributed by atoms with Crippen LogP contribution in [-0.4, -0.2) is 56.8 Å². The van der Waals surface area contributed by atoms with E-state index in [0.717, 1.165) is 43.9 Å². The van der Waals surface area contributed by atoms with Gasteiger partial charge in [-0.15, -0.1) is 0 Å². The number of amides is 1. The Hall–Kier alpha value is -1.85. The maximum atomic E-state index is 12.8. The van der Waals surface area contributed by atoms with Crippen LogP contribution in [0, 0.1) is 5.41 Å². The van der Waals surface area contributed by atoms with E-state index in [0.29, 0.717) is 18.7 Å². The molecule has 0 aliphatic carbocycles. The van der Waals surface area contributed by atoms with Gasteiger partial charge >= 0.3 is 0 Å². The first-order valence-electron chi connectivity index (χ1n) is 10.2. The highest BCUT2D eigenvalue weighted by atomic mass is 16.5. The summed E-state index contributed by atoms with van der Waals surface area (Å²) in [5.41, 5.74) is 1.80. The lowest BCUT2D eigenvalue weighted by molar-refractivity contribution is -0.119. The molecule has 0 radical (unpaired) electrons. The van der Waals surface area contributed by atoms with E-state index in [9.17, 15) is 4.79 Å². The zero-order valence-corrected chi connectivity index (χ0v) is 16.0. The number of nitrogens with one attached hydrogen (secondary N) is 1. The van der Waals surface area contributed by atoms with E-state index < -0.39 is 0 Å². The van der Waals surface area contributed by atoms with Crippen LogP contribution < -0.4 is 10.1 Å². The molecule has 2 fully saturated rings. The van der Waals surface area contributed by atoms with E-state index in [1.54, 1.807) is 0 Å². The highest BCUT2D eigenvalue weighted by molar-refractivity contribution is 5.99. The van der Waals surface area contributed by atoms with Gasteiger partial charge in [-0.1, -0.05) is 24.6 Å². The van der Waals surface area contributed by atoms with Crippen molar-refractivity contribution in [2.45, 2.75) is 32.1 Å². The summed E-state index contributed by atoms with van der Waals surface area (Å²) >= 11 is 0. The molecule has 0 unspecified atom stereocenters. The van der Waals surface area contributed by atoms with E-state index in [2.05, 4.69) is 10.2 Å². The average molecular weight is 370 g/mol. The zero-order valence-electron chi connectivity index (χ0n) is 16.0. The molecule has 3 aliphatic heterocycles. The number of nitrogens with zero attached hydrogens (tertiary/aromatic N) is 1. The Balaban J connectivity index is 1.40. The van der Waals surface area contributed by atoms with Crippen LogP contribution in [0.5, 0.6) is 5.75 Å². The van der Waals surface area contributed by atoms with Crippen molar-refractivity contribution in [2.75, 3.05) is 46.0 Å². The maximum absolute atomic E-state index is 12.8. The van der Waals surface area contributed by atoms with Crippen molar-refractivity contribution in [3.05, 3.63) is 35.4 Å². The zero-order chi connectivity index (χ0) is 18.5. The number of hydrogen-bond acceptors (Lipinski definition) is 4. The summed E-state index contributed by atoms with van der Waals surface area (Å²) < 4.78 is 11.4. The average Bonchev–Trinajstić information content (AvgIpc) is 2.73. The van der Waals surface area contributed by atoms with Crippen LogP contribution in [0.25, 0.3) is 6.08 Å². The summed E-state index contributed by atoms with van der Waals surface area (Å²) in [4.78, 5) is 15.4. The molecule has 0 atom stereocenters. The number of piperidine rings is 1. The van der Waals surface area contributed by atoms with E-state index >= 15 is 0 Å². The number of fused-ring (bicyclic) bond motifs is 1. The van der Waals surface area contributed by atoms with Gasteiger partial charge in [-0.3, -0.25) is 4.79 Å².